The van der Waals surface area contributed by atoms with Crippen LogP contribution in [0.1, 0.15) is 30.0 Å². The minimum atomic E-state index is -4.72. The van der Waals surface area contributed by atoms with Crippen molar-refractivity contribution in [1.82, 2.24) is 24.8 Å². The molecule has 0 saturated carbocycles. The molecular weight excluding hydrogens is 402 g/mol. The van der Waals surface area contributed by atoms with Crippen LogP contribution in [0.5, 0.6) is 0 Å². The van der Waals surface area contributed by atoms with Crippen molar-refractivity contribution in [2.24, 2.45) is 0 Å². The number of aromatic nitrogens is 3. The smallest absolute Gasteiger partial charge is 0.349 e. The van der Waals surface area contributed by atoms with E-state index in [0.717, 1.165) is 31.3 Å². The van der Waals surface area contributed by atoms with Gasteiger partial charge in [0.05, 0.1) is 5.69 Å². The van der Waals surface area contributed by atoms with E-state index in [4.69, 9.17) is 0 Å². The van der Waals surface area contributed by atoms with Crippen LogP contribution < -0.4 is 5.32 Å². The lowest BCUT2D eigenvalue weighted by molar-refractivity contribution is -0.142. The molecule has 0 bridgehead atoms. The molecule has 0 atom stereocenters. The lowest BCUT2D eigenvalue weighted by Gasteiger charge is -2.17. The molecule has 1 amide bonds. The largest absolute Gasteiger partial charge is 0.433 e. The normalized spacial score (nSPS) is 12.0. The topological polar surface area (TPSA) is 62.5 Å². The Morgan fingerprint density at radius 1 is 1.13 bits per heavy atom. The molecule has 0 spiro atoms. The summed E-state index contributed by atoms with van der Waals surface area (Å²) in [5, 5.41) is 6.48. The Bertz CT molecular complexity index is 1030. The summed E-state index contributed by atoms with van der Waals surface area (Å²) in [7, 11) is 0. The van der Waals surface area contributed by atoms with E-state index in [1.165, 1.54) is 18.2 Å². The number of rotatable bonds is 7. The molecule has 1 N–H and O–H groups in total. The quantitative estimate of drug-likeness (QED) is 0.590. The average Bonchev–Trinajstić information content (AvgIpc) is 3.14. The van der Waals surface area contributed by atoms with Gasteiger partial charge < -0.3 is 10.2 Å². The number of hydrogen-bond donors (Lipinski definition) is 1. The summed E-state index contributed by atoms with van der Waals surface area (Å²) in [4.78, 5) is 18.6. The van der Waals surface area contributed by atoms with E-state index in [0.29, 0.717) is 23.2 Å². The maximum absolute atomic E-state index is 13.6. The number of nitrogens with one attached hydrogen (secondary N) is 1. The SMILES string of the molecule is CCN(CC)CCNC(=O)c1cc2nc(-c3ccc(F)cc3)cc(C(F)(F)F)n2n1. The van der Waals surface area contributed by atoms with Gasteiger partial charge in [-0.3, -0.25) is 4.79 Å². The summed E-state index contributed by atoms with van der Waals surface area (Å²) in [5.41, 5.74) is -1.05. The molecule has 1 aromatic carbocycles. The molecule has 10 heteroatoms. The maximum Gasteiger partial charge on any atom is 0.433 e. The Balaban J connectivity index is 1.93. The predicted molar refractivity (Wildman–Crippen MR) is 104 cm³/mol. The molecule has 0 aliphatic heterocycles. The van der Waals surface area contributed by atoms with Crippen molar-refractivity contribution >= 4 is 11.6 Å². The molecule has 0 aliphatic carbocycles. The molecule has 160 valence electrons. The molecular formula is C20H21F4N5O. The van der Waals surface area contributed by atoms with Gasteiger partial charge in [-0.15, -0.1) is 0 Å². The predicted octanol–water partition coefficient (Wildman–Crippen LogP) is 3.63. The Morgan fingerprint density at radius 3 is 2.40 bits per heavy atom. The van der Waals surface area contributed by atoms with Gasteiger partial charge in [-0.2, -0.15) is 18.3 Å². The second-order valence-electron chi connectivity index (χ2n) is 6.61. The number of carbonyl (C=O) groups is 1. The van der Waals surface area contributed by atoms with E-state index < -0.39 is 23.6 Å². The van der Waals surface area contributed by atoms with Crippen LogP contribution in [0.2, 0.25) is 0 Å². The first-order valence-corrected chi connectivity index (χ1v) is 9.47. The van der Waals surface area contributed by atoms with Crippen LogP contribution in [0.15, 0.2) is 36.4 Å². The van der Waals surface area contributed by atoms with Gasteiger partial charge in [0.1, 0.15) is 5.82 Å². The number of benzene rings is 1. The molecule has 0 fully saturated rings. The van der Waals surface area contributed by atoms with Crippen LogP contribution in [0.3, 0.4) is 0 Å². The van der Waals surface area contributed by atoms with Crippen molar-refractivity contribution in [1.29, 1.82) is 0 Å². The van der Waals surface area contributed by atoms with Crippen LogP contribution in [-0.2, 0) is 6.18 Å². The van der Waals surface area contributed by atoms with Gasteiger partial charge in [0.25, 0.3) is 5.91 Å². The number of nitrogens with zero attached hydrogens (tertiary/aromatic N) is 4. The van der Waals surface area contributed by atoms with E-state index in [-0.39, 0.29) is 17.0 Å². The van der Waals surface area contributed by atoms with Gasteiger partial charge >= 0.3 is 6.18 Å². The van der Waals surface area contributed by atoms with E-state index in [2.05, 4.69) is 20.3 Å². The molecule has 30 heavy (non-hydrogen) atoms. The summed E-state index contributed by atoms with van der Waals surface area (Å²) < 4.78 is 54.6. The highest BCUT2D eigenvalue weighted by Gasteiger charge is 2.35. The third-order valence-corrected chi connectivity index (χ3v) is 4.70. The fraction of sp³-hybridized carbons (Fsp3) is 0.350. The van der Waals surface area contributed by atoms with Crippen LogP contribution in [0.25, 0.3) is 16.9 Å². The molecule has 2 heterocycles. The first-order chi connectivity index (χ1) is 14.2. The number of hydrogen-bond acceptors (Lipinski definition) is 4. The Morgan fingerprint density at radius 2 is 1.80 bits per heavy atom. The van der Waals surface area contributed by atoms with Gasteiger partial charge in [0.2, 0.25) is 0 Å². The van der Waals surface area contributed by atoms with E-state index in [9.17, 15) is 22.4 Å². The third kappa shape index (κ3) is 4.76. The zero-order chi connectivity index (χ0) is 21.9. The fourth-order valence-corrected chi connectivity index (χ4v) is 3.01. The van der Waals surface area contributed by atoms with Crippen LogP contribution in [-0.4, -0.2) is 51.6 Å². The lowest BCUT2D eigenvalue weighted by atomic mass is 10.1. The van der Waals surface area contributed by atoms with E-state index in [1.54, 1.807) is 0 Å². The zero-order valence-electron chi connectivity index (χ0n) is 16.5. The van der Waals surface area contributed by atoms with Crippen molar-refractivity contribution < 1.29 is 22.4 Å². The van der Waals surface area contributed by atoms with Crippen molar-refractivity contribution in [3.05, 3.63) is 53.6 Å². The van der Waals surface area contributed by atoms with E-state index in [1.807, 2.05) is 13.8 Å². The minimum Gasteiger partial charge on any atom is -0.349 e. The highest BCUT2D eigenvalue weighted by Crippen LogP contribution is 2.32. The molecule has 2 aromatic heterocycles. The first-order valence-electron chi connectivity index (χ1n) is 9.47. The standard InChI is InChI=1S/C20H21F4N5O/c1-3-28(4-2)10-9-25-19(30)16-12-18-26-15(13-5-7-14(21)8-6-13)11-17(20(22,23)24)29(18)27-16/h5-8,11-12H,3-4,9-10H2,1-2H3,(H,25,30). The number of carbonyl (C=O) groups excluding carboxylic acids is 1. The highest BCUT2D eigenvalue weighted by molar-refractivity contribution is 5.93. The number of amides is 1. The second kappa shape index (κ2) is 8.78. The second-order valence-corrected chi connectivity index (χ2v) is 6.61. The highest BCUT2D eigenvalue weighted by atomic mass is 19.4. The third-order valence-electron chi connectivity index (χ3n) is 4.70. The van der Waals surface area contributed by atoms with Gasteiger partial charge in [-0.25, -0.2) is 13.9 Å². The summed E-state index contributed by atoms with van der Waals surface area (Å²) in [6, 6.07) is 6.99. The summed E-state index contributed by atoms with van der Waals surface area (Å²) in [6.45, 7) is 6.60. The van der Waals surface area contributed by atoms with Crippen molar-refractivity contribution in [3.63, 3.8) is 0 Å². The number of likely N-dealkylation sites (N-methyl/N-ethyl adjacent to an activating group) is 1. The molecule has 3 aromatic rings. The summed E-state index contributed by atoms with van der Waals surface area (Å²) in [6.07, 6.45) is -4.72. The van der Waals surface area contributed by atoms with Crippen LogP contribution >= 0.6 is 0 Å². The first kappa shape index (κ1) is 21.7. The number of alkyl halides is 3. The monoisotopic (exact) mass is 423 g/mol. The molecule has 0 saturated heterocycles. The number of fused-ring (bicyclic) bond motifs is 1. The minimum absolute atomic E-state index is 0.00298. The molecule has 0 radical (unpaired) electrons. The Kier molecular flexibility index (Phi) is 6.35. The average molecular weight is 423 g/mol. The van der Waals surface area contributed by atoms with Gasteiger partial charge in [0, 0.05) is 24.7 Å². The molecule has 0 aliphatic rings. The molecule has 6 nitrogen and oxygen atoms in total. The van der Waals surface area contributed by atoms with Crippen LogP contribution in [0, 0.1) is 5.82 Å². The molecule has 3 rings (SSSR count). The number of halogens is 4. The van der Waals surface area contributed by atoms with Gasteiger partial charge in [0.15, 0.2) is 17.0 Å². The fourth-order valence-electron chi connectivity index (χ4n) is 3.01. The van der Waals surface area contributed by atoms with Crippen molar-refractivity contribution in [2.75, 3.05) is 26.2 Å². The van der Waals surface area contributed by atoms with Gasteiger partial charge in [-0.1, -0.05) is 13.8 Å². The lowest BCUT2D eigenvalue weighted by Crippen LogP contribution is -2.35. The van der Waals surface area contributed by atoms with Crippen LogP contribution in [0.4, 0.5) is 17.6 Å². The Hall–Kier alpha value is -3.01. The molecule has 0 unspecified atom stereocenters. The van der Waals surface area contributed by atoms with Gasteiger partial charge in [-0.05, 0) is 43.4 Å². The van der Waals surface area contributed by atoms with Crippen molar-refractivity contribution in [2.45, 2.75) is 20.0 Å². The van der Waals surface area contributed by atoms with E-state index >= 15 is 0 Å². The summed E-state index contributed by atoms with van der Waals surface area (Å²) >= 11 is 0. The Labute approximate surface area is 170 Å². The zero-order valence-corrected chi connectivity index (χ0v) is 16.5. The summed E-state index contributed by atoms with van der Waals surface area (Å²) in [5.74, 6) is -1.09. The van der Waals surface area contributed by atoms with Crippen molar-refractivity contribution in [3.8, 4) is 11.3 Å². The maximum atomic E-state index is 13.6.